The molecule has 2 fully saturated rings. The Hall–Kier alpha value is -0.870. The minimum Gasteiger partial charge on any atom is -0.357 e. The highest BCUT2D eigenvalue weighted by atomic mass is 127. The van der Waals surface area contributed by atoms with E-state index in [-0.39, 0.29) is 24.0 Å². The highest BCUT2D eigenvalue weighted by Crippen LogP contribution is 2.36. The Morgan fingerprint density at radius 2 is 1.79 bits per heavy atom. The number of likely N-dealkylation sites (tertiary alicyclic amines) is 1. The van der Waals surface area contributed by atoms with Crippen molar-refractivity contribution in [3.05, 3.63) is 29.8 Å². The summed E-state index contributed by atoms with van der Waals surface area (Å²) in [6.45, 7) is 5.37. The molecule has 1 aromatic carbocycles. The van der Waals surface area contributed by atoms with Crippen LogP contribution in [0.4, 0.5) is 0 Å². The zero-order chi connectivity index (χ0) is 19.4. The van der Waals surface area contributed by atoms with Crippen LogP contribution in [0.25, 0.3) is 0 Å². The average molecular weight is 520 g/mol. The molecule has 2 unspecified atom stereocenters. The van der Waals surface area contributed by atoms with E-state index in [2.05, 4.69) is 17.1 Å². The van der Waals surface area contributed by atoms with E-state index >= 15 is 0 Å². The largest absolute Gasteiger partial charge is 0.357 e. The summed E-state index contributed by atoms with van der Waals surface area (Å²) in [7, 11) is -0.352. The molecule has 28 heavy (non-hydrogen) atoms. The van der Waals surface area contributed by atoms with Crippen LogP contribution in [0.2, 0.25) is 0 Å². The summed E-state index contributed by atoms with van der Waals surface area (Å²) in [5, 5.41) is 3.40. The third-order valence-corrected chi connectivity index (χ3v) is 7.66. The van der Waals surface area contributed by atoms with Gasteiger partial charge in [-0.2, -0.15) is 0 Å². The van der Waals surface area contributed by atoms with E-state index in [4.69, 9.17) is 4.99 Å². The predicted octanol–water partition coefficient (Wildman–Crippen LogP) is 3.14. The topological polar surface area (TPSA) is 65.0 Å². The Morgan fingerprint density at radius 3 is 2.36 bits per heavy atom. The van der Waals surface area contributed by atoms with Crippen molar-refractivity contribution in [3.63, 3.8) is 0 Å². The van der Waals surface area contributed by atoms with Crippen LogP contribution in [0.15, 0.2) is 34.2 Å². The maximum atomic E-state index is 12.6. The van der Waals surface area contributed by atoms with Gasteiger partial charge in [-0.3, -0.25) is 0 Å². The fourth-order valence-electron chi connectivity index (χ4n) is 4.25. The highest BCUT2D eigenvalue weighted by molar-refractivity contribution is 14.0. The first-order valence-corrected chi connectivity index (χ1v) is 11.4. The molecule has 1 aliphatic heterocycles. The molecule has 2 atom stereocenters. The molecule has 1 aromatic rings. The molecule has 1 saturated heterocycles. The van der Waals surface area contributed by atoms with Crippen molar-refractivity contribution in [1.29, 1.82) is 0 Å². The third-order valence-electron chi connectivity index (χ3n) is 5.74. The van der Waals surface area contributed by atoms with Crippen molar-refractivity contribution in [1.82, 2.24) is 14.5 Å². The molecular weight excluding hydrogens is 487 g/mol. The maximum Gasteiger partial charge on any atom is 0.242 e. The summed E-state index contributed by atoms with van der Waals surface area (Å²) in [4.78, 5) is 7.51. The summed E-state index contributed by atoms with van der Waals surface area (Å²) in [5.41, 5.74) is 0.734. The molecule has 0 spiro atoms. The molecule has 0 amide bonds. The molecule has 0 aromatic heterocycles. The van der Waals surface area contributed by atoms with E-state index < -0.39 is 10.0 Å². The predicted molar refractivity (Wildman–Crippen MR) is 125 cm³/mol. The second kappa shape index (κ2) is 10.2. The number of hydrogen-bond acceptors (Lipinski definition) is 3. The molecule has 1 saturated carbocycles. The minimum absolute atomic E-state index is 0. The summed E-state index contributed by atoms with van der Waals surface area (Å²) in [6, 6.07) is 7.15. The zero-order valence-electron chi connectivity index (χ0n) is 17.1. The summed E-state index contributed by atoms with van der Waals surface area (Å²) in [6.07, 6.45) is 5.34. The van der Waals surface area contributed by atoms with E-state index in [9.17, 15) is 8.42 Å². The van der Waals surface area contributed by atoms with E-state index in [1.165, 1.54) is 30.0 Å². The van der Waals surface area contributed by atoms with Crippen molar-refractivity contribution < 1.29 is 8.42 Å². The van der Waals surface area contributed by atoms with Crippen molar-refractivity contribution in [2.24, 2.45) is 16.8 Å². The normalized spacial score (nSPS) is 22.7. The van der Waals surface area contributed by atoms with Crippen LogP contribution in [0.1, 0.15) is 38.2 Å². The number of nitrogens with zero attached hydrogens (tertiary/aromatic N) is 3. The lowest BCUT2D eigenvalue weighted by Gasteiger charge is -2.22. The van der Waals surface area contributed by atoms with Crippen LogP contribution in [-0.2, 0) is 16.6 Å². The van der Waals surface area contributed by atoms with Crippen LogP contribution in [0, 0.1) is 11.8 Å². The second-order valence-electron chi connectivity index (χ2n) is 7.77. The molecular formula is C20H33IN4O2S. The van der Waals surface area contributed by atoms with E-state index in [1.807, 2.05) is 12.1 Å². The van der Waals surface area contributed by atoms with Crippen LogP contribution in [-0.4, -0.2) is 57.3 Å². The summed E-state index contributed by atoms with van der Waals surface area (Å²) >= 11 is 0. The van der Waals surface area contributed by atoms with E-state index in [0.29, 0.717) is 11.4 Å². The summed E-state index contributed by atoms with van der Waals surface area (Å²) in [5.74, 6) is 2.47. The van der Waals surface area contributed by atoms with Crippen LogP contribution >= 0.6 is 24.0 Å². The average Bonchev–Trinajstić information content (AvgIpc) is 3.09. The van der Waals surface area contributed by atoms with Crippen molar-refractivity contribution in [3.8, 4) is 0 Å². The number of benzene rings is 1. The number of hydrogen-bond donors (Lipinski definition) is 1. The van der Waals surface area contributed by atoms with Gasteiger partial charge in [-0.15, -0.1) is 24.0 Å². The Kier molecular flexibility index (Phi) is 8.57. The van der Waals surface area contributed by atoms with Gasteiger partial charge < -0.3 is 10.2 Å². The first-order chi connectivity index (χ1) is 12.9. The second-order valence-corrected chi connectivity index (χ2v) is 9.90. The molecule has 0 radical (unpaired) electrons. The van der Waals surface area contributed by atoms with Crippen molar-refractivity contribution >= 4 is 40.0 Å². The van der Waals surface area contributed by atoms with Crippen molar-refractivity contribution in [2.75, 3.05) is 33.7 Å². The molecule has 6 nitrogen and oxygen atoms in total. The van der Waals surface area contributed by atoms with E-state index in [1.54, 1.807) is 26.2 Å². The van der Waals surface area contributed by atoms with Gasteiger partial charge in [0.05, 0.1) is 11.4 Å². The quantitative estimate of drug-likeness (QED) is 0.368. The zero-order valence-corrected chi connectivity index (χ0v) is 20.2. The molecule has 1 N–H and O–H groups in total. The maximum absolute atomic E-state index is 12.6. The number of guanidine groups is 1. The van der Waals surface area contributed by atoms with Gasteiger partial charge in [0.25, 0.3) is 0 Å². The van der Waals surface area contributed by atoms with Crippen molar-refractivity contribution in [2.45, 2.75) is 44.0 Å². The lowest BCUT2D eigenvalue weighted by molar-refractivity contribution is 0.299. The molecule has 0 bridgehead atoms. The molecule has 158 valence electrons. The van der Waals surface area contributed by atoms with Gasteiger partial charge in [0, 0.05) is 33.7 Å². The number of fused-ring (bicyclic) bond motifs is 1. The molecule has 8 heteroatoms. The first kappa shape index (κ1) is 23.4. The molecule has 1 aliphatic carbocycles. The van der Waals surface area contributed by atoms with E-state index in [0.717, 1.165) is 43.0 Å². The van der Waals surface area contributed by atoms with Gasteiger partial charge in [-0.1, -0.05) is 31.0 Å². The monoisotopic (exact) mass is 520 g/mol. The molecule has 3 rings (SSSR count). The smallest absolute Gasteiger partial charge is 0.242 e. The summed E-state index contributed by atoms with van der Waals surface area (Å²) < 4.78 is 26.5. The van der Waals surface area contributed by atoms with Crippen LogP contribution < -0.4 is 5.32 Å². The number of aliphatic imine (C=N–C) groups is 1. The van der Waals surface area contributed by atoms with Crippen LogP contribution in [0.3, 0.4) is 0 Å². The lowest BCUT2D eigenvalue weighted by atomic mass is 9.82. The standard InChI is InChI=1S/C20H32N4O2S.HI/c1-4-21-20(24-14-17-10-5-6-11-18(17)15-24)22-13-16-9-7-8-12-19(16)27(25,26)23(2)3;/h7-9,12,17-18H,4-6,10-11,13-15H2,1-3H3,(H,21,22);1H. The Morgan fingerprint density at radius 1 is 1.18 bits per heavy atom. The van der Waals surface area contributed by atoms with Gasteiger partial charge in [0.2, 0.25) is 10.0 Å². The number of sulfonamides is 1. The molecule has 1 heterocycles. The molecule has 2 aliphatic rings. The minimum atomic E-state index is -3.47. The van der Waals surface area contributed by atoms with Gasteiger partial charge >= 0.3 is 0 Å². The Balaban J connectivity index is 0.00000280. The van der Waals surface area contributed by atoms with Crippen LogP contribution in [0.5, 0.6) is 0 Å². The first-order valence-electron chi connectivity index (χ1n) is 9.97. The lowest BCUT2D eigenvalue weighted by Crippen LogP contribution is -2.40. The Bertz CT molecular complexity index is 768. The van der Waals surface area contributed by atoms with Gasteiger partial charge in [-0.05, 0) is 43.2 Å². The van der Waals surface area contributed by atoms with Gasteiger partial charge in [0.15, 0.2) is 5.96 Å². The Labute approximate surface area is 186 Å². The number of nitrogens with one attached hydrogen (secondary N) is 1. The third kappa shape index (κ3) is 5.18. The highest BCUT2D eigenvalue weighted by Gasteiger charge is 2.35. The number of rotatable bonds is 5. The van der Waals surface area contributed by atoms with Gasteiger partial charge in [-0.25, -0.2) is 17.7 Å². The number of halogens is 1. The SMILES string of the molecule is CCNC(=NCc1ccccc1S(=O)(=O)N(C)C)N1CC2CCCCC2C1.I. The fourth-order valence-corrected chi connectivity index (χ4v) is 5.36. The van der Waals surface area contributed by atoms with Gasteiger partial charge in [0.1, 0.15) is 0 Å². The fraction of sp³-hybridized carbons (Fsp3) is 0.650.